The Morgan fingerprint density at radius 1 is 1.33 bits per heavy atom. The van der Waals surface area contributed by atoms with Gasteiger partial charge in [0.15, 0.2) is 0 Å². The van der Waals surface area contributed by atoms with Crippen molar-refractivity contribution < 1.29 is 9.53 Å². The summed E-state index contributed by atoms with van der Waals surface area (Å²) in [6.07, 6.45) is 0. The number of hydrogen-bond acceptors (Lipinski definition) is 2. The van der Waals surface area contributed by atoms with E-state index >= 15 is 0 Å². The number of benzene rings is 1. The molecule has 0 saturated carbocycles. The minimum absolute atomic E-state index is 0. The van der Waals surface area contributed by atoms with Crippen LogP contribution >= 0.6 is 0 Å². The van der Waals surface area contributed by atoms with Gasteiger partial charge in [0.25, 0.3) is 0 Å². The first-order valence-corrected chi connectivity index (χ1v) is 3.56. The molecule has 0 unspecified atom stereocenters. The molecule has 0 aliphatic heterocycles. The van der Waals surface area contributed by atoms with Crippen molar-refractivity contribution in [1.29, 1.82) is 0 Å². The first kappa shape index (κ1) is 11.3. The van der Waals surface area contributed by atoms with E-state index in [0.717, 1.165) is 0 Å². The van der Waals surface area contributed by atoms with Crippen LogP contribution in [-0.4, -0.2) is 31.4 Å². The summed E-state index contributed by atoms with van der Waals surface area (Å²) in [5.41, 5.74) is 0.606. The smallest absolute Gasteiger partial charge is 0.338 e. The second-order valence-corrected chi connectivity index (χ2v) is 2.09. The molecule has 1 aromatic rings. The van der Waals surface area contributed by atoms with Gasteiger partial charge in [-0.2, -0.15) is 0 Å². The summed E-state index contributed by atoms with van der Waals surface area (Å²) in [7, 11) is 0. The van der Waals surface area contributed by atoms with E-state index in [2.05, 4.69) is 0 Å². The Bertz CT molecular complexity index is 234. The fourth-order valence-electron chi connectivity index (χ4n) is 0.789. The van der Waals surface area contributed by atoms with Gasteiger partial charge in [-0.3, -0.25) is 0 Å². The van der Waals surface area contributed by atoms with Gasteiger partial charge >= 0.3 is 5.97 Å². The van der Waals surface area contributed by atoms with Crippen LogP contribution in [-0.2, 0) is 4.74 Å². The van der Waals surface area contributed by atoms with Crippen molar-refractivity contribution in [2.24, 2.45) is 0 Å². The SMILES string of the molecule is CCOC(=O)c1ccccc1.[Li]. The number of rotatable bonds is 2. The maximum Gasteiger partial charge on any atom is 0.338 e. The first-order chi connectivity index (χ1) is 5.34. The topological polar surface area (TPSA) is 26.3 Å². The average molecular weight is 157 g/mol. The molecule has 3 heteroatoms. The van der Waals surface area contributed by atoms with E-state index in [1.807, 2.05) is 18.2 Å². The van der Waals surface area contributed by atoms with Crippen molar-refractivity contribution in [2.45, 2.75) is 6.92 Å². The summed E-state index contributed by atoms with van der Waals surface area (Å²) < 4.78 is 4.79. The number of esters is 1. The summed E-state index contributed by atoms with van der Waals surface area (Å²) in [6.45, 7) is 2.22. The maximum atomic E-state index is 11.0. The fraction of sp³-hybridized carbons (Fsp3) is 0.222. The standard InChI is InChI=1S/C9H10O2.Li/c1-2-11-9(10)8-6-4-3-5-7-8;/h3-7H,2H2,1H3;. The zero-order chi connectivity index (χ0) is 8.10. The van der Waals surface area contributed by atoms with E-state index in [1.54, 1.807) is 19.1 Å². The van der Waals surface area contributed by atoms with Gasteiger partial charge < -0.3 is 4.74 Å². The molecule has 0 saturated heterocycles. The zero-order valence-electron chi connectivity index (χ0n) is 7.41. The van der Waals surface area contributed by atoms with E-state index in [0.29, 0.717) is 12.2 Å². The third-order valence-corrected chi connectivity index (χ3v) is 1.28. The maximum absolute atomic E-state index is 11.0. The summed E-state index contributed by atoms with van der Waals surface area (Å²) in [6, 6.07) is 8.96. The number of hydrogen-bond donors (Lipinski definition) is 0. The molecule has 0 aromatic heterocycles. The molecule has 0 aliphatic carbocycles. The van der Waals surface area contributed by atoms with Gasteiger partial charge in [0.1, 0.15) is 0 Å². The summed E-state index contributed by atoms with van der Waals surface area (Å²) >= 11 is 0. The van der Waals surface area contributed by atoms with Crippen LogP contribution in [0.15, 0.2) is 30.3 Å². The normalized spacial score (nSPS) is 8.42. The van der Waals surface area contributed by atoms with Gasteiger partial charge in [-0.05, 0) is 19.1 Å². The molecule has 1 aromatic carbocycles. The molecule has 0 bridgehead atoms. The summed E-state index contributed by atoms with van der Waals surface area (Å²) in [5.74, 6) is -0.256. The summed E-state index contributed by atoms with van der Waals surface area (Å²) in [5, 5.41) is 0. The second kappa shape index (κ2) is 5.88. The molecule has 0 aliphatic rings. The van der Waals surface area contributed by atoms with Gasteiger partial charge in [0, 0.05) is 18.9 Å². The molecule has 59 valence electrons. The molecule has 2 nitrogen and oxygen atoms in total. The Labute approximate surface area is 84.1 Å². The van der Waals surface area contributed by atoms with Crippen LogP contribution in [0.3, 0.4) is 0 Å². The van der Waals surface area contributed by atoms with E-state index < -0.39 is 0 Å². The monoisotopic (exact) mass is 157 g/mol. The van der Waals surface area contributed by atoms with Crippen LogP contribution in [0.4, 0.5) is 0 Å². The largest absolute Gasteiger partial charge is 0.462 e. The van der Waals surface area contributed by atoms with Crippen molar-refractivity contribution in [3.05, 3.63) is 35.9 Å². The molecule has 0 N–H and O–H groups in total. The van der Waals surface area contributed by atoms with Crippen molar-refractivity contribution in [1.82, 2.24) is 0 Å². The average Bonchev–Trinajstić information content (AvgIpc) is 2.07. The quantitative estimate of drug-likeness (QED) is 0.480. The third-order valence-electron chi connectivity index (χ3n) is 1.28. The van der Waals surface area contributed by atoms with Crippen LogP contribution in [0.25, 0.3) is 0 Å². The molecule has 1 radical (unpaired) electrons. The Kier molecular flexibility index (Phi) is 5.53. The van der Waals surface area contributed by atoms with Crippen molar-refractivity contribution in [3.8, 4) is 0 Å². The molecule has 12 heavy (non-hydrogen) atoms. The van der Waals surface area contributed by atoms with Crippen LogP contribution < -0.4 is 0 Å². The zero-order valence-corrected chi connectivity index (χ0v) is 7.41. The van der Waals surface area contributed by atoms with Crippen LogP contribution in [0.2, 0.25) is 0 Å². The number of ether oxygens (including phenoxy) is 1. The Hall–Kier alpha value is -0.713. The van der Waals surface area contributed by atoms with Gasteiger partial charge in [-0.15, -0.1) is 0 Å². The van der Waals surface area contributed by atoms with Gasteiger partial charge in [-0.1, -0.05) is 18.2 Å². The van der Waals surface area contributed by atoms with E-state index in [4.69, 9.17) is 4.74 Å². The Morgan fingerprint density at radius 2 is 1.92 bits per heavy atom. The molecule has 0 spiro atoms. The molecule has 0 heterocycles. The van der Waals surface area contributed by atoms with Gasteiger partial charge in [0.2, 0.25) is 0 Å². The number of carbonyl (C=O) groups excluding carboxylic acids is 1. The summed E-state index contributed by atoms with van der Waals surface area (Å²) in [4.78, 5) is 11.0. The van der Waals surface area contributed by atoms with Crippen LogP contribution in [0, 0.1) is 0 Å². The molecule has 0 fully saturated rings. The fourth-order valence-corrected chi connectivity index (χ4v) is 0.789. The Morgan fingerprint density at radius 3 is 2.42 bits per heavy atom. The van der Waals surface area contributed by atoms with E-state index in [9.17, 15) is 4.79 Å². The van der Waals surface area contributed by atoms with Crippen LogP contribution in [0.5, 0.6) is 0 Å². The van der Waals surface area contributed by atoms with Crippen molar-refractivity contribution >= 4 is 24.8 Å². The minimum Gasteiger partial charge on any atom is -0.462 e. The van der Waals surface area contributed by atoms with Crippen LogP contribution in [0.1, 0.15) is 17.3 Å². The van der Waals surface area contributed by atoms with Crippen molar-refractivity contribution in [3.63, 3.8) is 0 Å². The molecular weight excluding hydrogens is 147 g/mol. The molecule has 0 atom stereocenters. The second-order valence-electron chi connectivity index (χ2n) is 2.09. The van der Waals surface area contributed by atoms with E-state index in [-0.39, 0.29) is 24.8 Å². The predicted octanol–water partition coefficient (Wildman–Crippen LogP) is 1.48. The first-order valence-electron chi connectivity index (χ1n) is 3.56. The van der Waals surface area contributed by atoms with Crippen molar-refractivity contribution in [2.75, 3.05) is 6.61 Å². The van der Waals surface area contributed by atoms with E-state index in [1.165, 1.54) is 0 Å². The van der Waals surface area contributed by atoms with Gasteiger partial charge in [0.05, 0.1) is 12.2 Å². The third kappa shape index (κ3) is 3.12. The molecule has 0 amide bonds. The Balaban J connectivity index is 0.00000121. The van der Waals surface area contributed by atoms with Gasteiger partial charge in [-0.25, -0.2) is 4.79 Å². The predicted molar refractivity (Wildman–Crippen MR) is 48.2 cm³/mol. The number of carbonyl (C=O) groups is 1. The minimum atomic E-state index is -0.256. The molecule has 1 rings (SSSR count). The molecular formula is C9H10LiO2.